The minimum Gasteiger partial charge on any atom is -0.493 e. The third kappa shape index (κ3) is 4.79. The molecule has 2 aromatic heterocycles. The van der Waals surface area contributed by atoms with Crippen molar-refractivity contribution in [3.8, 4) is 11.5 Å². The van der Waals surface area contributed by atoms with Gasteiger partial charge in [-0.2, -0.15) is 0 Å². The molecule has 11 heteroatoms. The summed E-state index contributed by atoms with van der Waals surface area (Å²) >= 11 is 1.41. The molecule has 0 aliphatic heterocycles. The first-order chi connectivity index (χ1) is 16.4. The molecule has 4 aromatic rings. The van der Waals surface area contributed by atoms with Crippen LogP contribution in [-0.4, -0.2) is 44.8 Å². The number of carbonyl (C=O) groups is 1. The number of methoxy groups -OCH3 is 1. The number of carbonyl (C=O) groups excluding carboxylic acids is 1. The summed E-state index contributed by atoms with van der Waals surface area (Å²) in [6.45, 7) is 2.06. The highest BCUT2D eigenvalue weighted by atomic mass is 32.1. The zero-order valence-electron chi connectivity index (χ0n) is 18.7. The Bertz CT molecular complexity index is 1360. The number of hydrogen-bond donors (Lipinski definition) is 0. The van der Waals surface area contributed by atoms with Gasteiger partial charge in [0.05, 0.1) is 41.4 Å². The Balaban J connectivity index is 1.61. The quantitative estimate of drug-likeness (QED) is 0.273. The number of fused-ring (bicyclic) bond motifs is 1. The van der Waals surface area contributed by atoms with Gasteiger partial charge in [-0.15, -0.1) is 11.3 Å². The molecule has 10 nitrogen and oxygen atoms in total. The molecule has 0 N–H and O–H groups in total. The van der Waals surface area contributed by atoms with Crippen LogP contribution in [0.1, 0.15) is 27.6 Å². The lowest BCUT2D eigenvalue weighted by Crippen LogP contribution is -2.28. The molecule has 4 rings (SSSR count). The summed E-state index contributed by atoms with van der Waals surface area (Å²) in [4.78, 5) is 38.8. The highest BCUT2D eigenvalue weighted by Crippen LogP contribution is 2.36. The number of para-hydroxylation sites is 1. The summed E-state index contributed by atoms with van der Waals surface area (Å²) in [6, 6.07) is 10.1. The maximum atomic E-state index is 13.2. The Morgan fingerprint density at radius 1 is 1.21 bits per heavy atom. The number of thiazole rings is 1. The Hall–Kier alpha value is -4.12. The summed E-state index contributed by atoms with van der Waals surface area (Å²) in [6.07, 6.45) is 0. The normalized spacial score (nSPS) is 10.8. The largest absolute Gasteiger partial charge is 0.493 e. The fourth-order valence-corrected chi connectivity index (χ4v) is 4.00. The SMILES string of the molecule is COc1cc(C(=O)N(C)Cc2nc(C)c3ccccc3n2)c([N+](=O)[O-])cc1OCc1cscn1. The number of nitro benzene ring substituents is 1. The van der Waals surface area contributed by atoms with Gasteiger partial charge in [-0.05, 0) is 13.0 Å². The van der Waals surface area contributed by atoms with Gasteiger partial charge in [-0.3, -0.25) is 14.9 Å². The highest BCUT2D eigenvalue weighted by molar-refractivity contribution is 7.07. The molecule has 174 valence electrons. The molecular weight excluding hydrogens is 458 g/mol. The second-order valence-corrected chi connectivity index (χ2v) is 8.17. The van der Waals surface area contributed by atoms with E-state index in [4.69, 9.17) is 9.47 Å². The van der Waals surface area contributed by atoms with Gasteiger partial charge in [-0.1, -0.05) is 18.2 Å². The fraction of sp³-hybridized carbons (Fsp3) is 0.217. The summed E-state index contributed by atoms with van der Waals surface area (Å²) in [7, 11) is 2.94. The lowest BCUT2D eigenvalue weighted by molar-refractivity contribution is -0.385. The maximum absolute atomic E-state index is 13.2. The average Bonchev–Trinajstić information content (AvgIpc) is 3.35. The smallest absolute Gasteiger partial charge is 0.286 e. The van der Waals surface area contributed by atoms with Crippen LogP contribution in [-0.2, 0) is 13.2 Å². The standard InChI is InChI=1S/C23H21N5O5S/c1-14-16-6-4-5-7-18(16)26-22(25-14)10-27(2)23(29)17-8-20(32-3)21(9-19(17)28(30)31)33-11-15-12-34-13-24-15/h4-9,12-13H,10-11H2,1-3H3. The zero-order chi connectivity index (χ0) is 24.2. The lowest BCUT2D eigenvalue weighted by Gasteiger charge is -2.18. The van der Waals surface area contributed by atoms with Crippen LogP contribution in [0.5, 0.6) is 11.5 Å². The molecule has 2 aromatic carbocycles. The molecule has 2 heterocycles. The maximum Gasteiger partial charge on any atom is 0.286 e. The van der Waals surface area contributed by atoms with Crippen molar-refractivity contribution in [2.75, 3.05) is 14.2 Å². The molecule has 34 heavy (non-hydrogen) atoms. The van der Waals surface area contributed by atoms with Crippen molar-refractivity contribution < 1.29 is 19.2 Å². The first-order valence-electron chi connectivity index (χ1n) is 10.2. The number of rotatable bonds is 8. The molecule has 0 aliphatic rings. The molecule has 0 atom stereocenters. The van der Waals surface area contributed by atoms with Gasteiger partial charge < -0.3 is 14.4 Å². The van der Waals surface area contributed by atoms with E-state index in [1.807, 2.05) is 36.6 Å². The average molecular weight is 480 g/mol. The minimum absolute atomic E-state index is 0.0755. The van der Waals surface area contributed by atoms with Crippen LogP contribution < -0.4 is 9.47 Å². The molecule has 0 spiro atoms. The van der Waals surface area contributed by atoms with Gasteiger partial charge in [0.1, 0.15) is 18.0 Å². The van der Waals surface area contributed by atoms with Gasteiger partial charge >= 0.3 is 0 Å². The second-order valence-electron chi connectivity index (χ2n) is 7.45. The van der Waals surface area contributed by atoms with Crippen molar-refractivity contribution >= 4 is 33.8 Å². The van der Waals surface area contributed by atoms with E-state index in [0.29, 0.717) is 11.5 Å². The van der Waals surface area contributed by atoms with Crippen LogP contribution >= 0.6 is 11.3 Å². The summed E-state index contributed by atoms with van der Waals surface area (Å²) in [5.74, 6) is 0.223. The number of hydrogen-bond acceptors (Lipinski definition) is 9. The molecule has 0 saturated heterocycles. The third-order valence-electron chi connectivity index (χ3n) is 5.13. The Kier molecular flexibility index (Phi) is 6.64. The van der Waals surface area contributed by atoms with Crippen molar-refractivity contribution in [2.24, 2.45) is 0 Å². The number of aryl methyl sites for hydroxylation is 1. The topological polar surface area (TPSA) is 121 Å². The fourth-order valence-electron chi connectivity index (χ4n) is 3.46. The van der Waals surface area contributed by atoms with Crippen molar-refractivity contribution in [2.45, 2.75) is 20.1 Å². The number of ether oxygens (including phenoxy) is 2. The van der Waals surface area contributed by atoms with Crippen LogP contribution in [0.25, 0.3) is 10.9 Å². The number of benzene rings is 2. The first-order valence-corrected chi connectivity index (χ1v) is 11.2. The van der Waals surface area contributed by atoms with Crippen LogP contribution in [0.3, 0.4) is 0 Å². The molecule has 0 unspecified atom stereocenters. The van der Waals surface area contributed by atoms with E-state index in [0.717, 1.165) is 16.6 Å². The van der Waals surface area contributed by atoms with E-state index in [2.05, 4.69) is 15.0 Å². The Morgan fingerprint density at radius 3 is 2.71 bits per heavy atom. The Labute approximate surface area is 199 Å². The van der Waals surface area contributed by atoms with Gasteiger partial charge in [0.25, 0.3) is 11.6 Å². The van der Waals surface area contributed by atoms with Crippen LogP contribution in [0.15, 0.2) is 47.3 Å². The van der Waals surface area contributed by atoms with E-state index in [1.165, 1.54) is 35.5 Å². The predicted molar refractivity (Wildman–Crippen MR) is 126 cm³/mol. The molecular formula is C23H21N5O5S. The summed E-state index contributed by atoms with van der Waals surface area (Å²) < 4.78 is 11.0. The number of nitro groups is 1. The molecule has 0 fully saturated rings. The van der Waals surface area contributed by atoms with Gasteiger partial charge in [-0.25, -0.2) is 15.0 Å². The van der Waals surface area contributed by atoms with Crippen molar-refractivity contribution in [3.63, 3.8) is 0 Å². The van der Waals surface area contributed by atoms with Crippen LogP contribution in [0.2, 0.25) is 0 Å². The zero-order valence-corrected chi connectivity index (χ0v) is 19.5. The van der Waals surface area contributed by atoms with Gasteiger partial charge in [0.2, 0.25) is 0 Å². The Morgan fingerprint density at radius 2 is 2.00 bits per heavy atom. The number of amides is 1. The molecule has 0 bridgehead atoms. The minimum atomic E-state index is -0.618. The van der Waals surface area contributed by atoms with Crippen molar-refractivity contribution in [1.82, 2.24) is 19.9 Å². The third-order valence-corrected chi connectivity index (χ3v) is 5.77. The predicted octanol–water partition coefficient (Wildman–Crippen LogP) is 4.16. The lowest BCUT2D eigenvalue weighted by atomic mass is 10.1. The monoisotopic (exact) mass is 479 g/mol. The van der Waals surface area contributed by atoms with Crippen LogP contribution in [0.4, 0.5) is 5.69 Å². The molecule has 0 saturated carbocycles. The second kappa shape index (κ2) is 9.79. The molecule has 0 aliphatic carbocycles. The van der Waals surface area contributed by atoms with E-state index < -0.39 is 10.8 Å². The summed E-state index contributed by atoms with van der Waals surface area (Å²) in [5, 5.41) is 14.5. The summed E-state index contributed by atoms with van der Waals surface area (Å²) in [5.41, 5.74) is 3.39. The van der Waals surface area contributed by atoms with Gasteiger partial charge in [0.15, 0.2) is 11.5 Å². The van der Waals surface area contributed by atoms with Crippen LogP contribution in [0, 0.1) is 17.0 Å². The number of nitrogens with zero attached hydrogens (tertiary/aromatic N) is 5. The first kappa shape index (κ1) is 23.1. The van der Waals surface area contributed by atoms with Gasteiger partial charge in [0, 0.05) is 29.6 Å². The highest BCUT2D eigenvalue weighted by Gasteiger charge is 2.27. The van der Waals surface area contributed by atoms with E-state index in [1.54, 1.807) is 12.6 Å². The van der Waals surface area contributed by atoms with Crippen molar-refractivity contribution in [3.05, 3.63) is 80.2 Å². The van der Waals surface area contributed by atoms with E-state index >= 15 is 0 Å². The number of aromatic nitrogens is 3. The molecule has 1 amide bonds. The molecule has 0 radical (unpaired) electrons. The van der Waals surface area contributed by atoms with E-state index in [9.17, 15) is 14.9 Å². The van der Waals surface area contributed by atoms with E-state index in [-0.39, 0.29) is 35.9 Å². The van der Waals surface area contributed by atoms with Crippen molar-refractivity contribution in [1.29, 1.82) is 0 Å².